The Morgan fingerprint density at radius 1 is 0.459 bits per heavy atom. The minimum Gasteiger partial charge on any atom is -0.507 e. The van der Waals surface area contributed by atoms with Gasteiger partial charge in [-0.3, -0.25) is 0 Å². The molecule has 0 saturated heterocycles. The number of aromatic hydroxyl groups is 3. The highest BCUT2D eigenvalue weighted by Gasteiger charge is 2.15. The topological polar surface area (TPSA) is 86.7 Å². The molecule has 0 amide bonds. The maximum absolute atomic E-state index is 11.3. The summed E-state index contributed by atoms with van der Waals surface area (Å²) in [5.74, 6) is 0.951. The minimum atomic E-state index is 0.293. The van der Waals surface area contributed by atoms with E-state index in [9.17, 15) is 15.3 Å². The number of phenolic OH excluding ortho intramolecular Hbond substituents is 3. The van der Waals surface area contributed by atoms with Crippen LogP contribution in [0.4, 0.5) is 5.69 Å². The van der Waals surface area contributed by atoms with Gasteiger partial charge in [-0.2, -0.15) is 0 Å². The van der Waals surface area contributed by atoms with Crippen LogP contribution in [-0.2, 0) is 19.3 Å². The summed E-state index contributed by atoms with van der Waals surface area (Å²) in [6, 6.07) is 16.2. The number of anilines is 1. The highest BCUT2D eigenvalue weighted by molar-refractivity contribution is 5.60. The first kappa shape index (κ1) is 26.2. The quantitative estimate of drug-likeness (QED) is 0.217. The summed E-state index contributed by atoms with van der Waals surface area (Å²) in [6.07, 6.45) is 1.78. The third-order valence-electron chi connectivity index (χ3n) is 7.18. The van der Waals surface area contributed by atoms with Crippen molar-refractivity contribution in [1.29, 1.82) is 0 Å². The van der Waals surface area contributed by atoms with Crippen LogP contribution >= 0.6 is 0 Å². The van der Waals surface area contributed by atoms with Gasteiger partial charge in [0.15, 0.2) is 0 Å². The Hall–Kier alpha value is -3.92. The van der Waals surface area contributed by atoms with E-state index in [2.05, 4.69) is 19.1 Å². The fourth-order valence-corrected chi connectivity index (χ4v) is 5.39. The molecule has 0 bridgehead atoms. The lowest BCUT2D eigenvalue weighted by Gasteiger charge is -2.17. The molecule has 4 aromatic rings. The van der Waals surface area contributed by atoms with Crippen LogP contribution in [-0.4, -0.2) is 15.3 Å². The van der Waals surface area contributed by atoms with E-state index < -0.39 is 0 Å². The molecule has 0 aromatic heterocycles. The second-order valence-corrected chi connectivity index (χ2v) is 10.6. The first-order chi connectivity index (χ1) is 17.4. The first-order valence-electron chi connectivity index (χ1n) is 12.7. The number of benzene rings is 4. The Labute approximate surface area is 220 Å². The van der Waals surface area contributed by atoms with Crippen LogP contribution in [0.5, 0.6) is 17.2 Å². The zero-order chi connectivity index (χ0) is 27.0. The summed E-state index contributed by atoms with van der Waals surface area (Å²) in [6.45, 7) is 11.7. The molecule has 4 aromatic carbocycles. The number of hydrogen-bond acceptors (Lipinski definition) is 4. The van der Waals surface area contributed by atoms with Gasteiger partial charge in [-0.05, 0) is 104 Å². The van der Waals surface area contributed by atoms with Crippen molar-refractivity contribution in [2.75, 3.05) is 5.73 Å². The molecular weight excluding hydrogens is 458 g/mol. The van der Waals surface area contributed by atoms with Crippen molar-refractivity contribution in [3.05, 3.63) is 115 Å². The van der Waals surface area contributed by atoms with Crippen molar-refractivity contribution < 1.29 is 15.3 Å². The molecule has 4 heteroatoms. The summed E-state index contributed by atoms with van der Waals surface area (Å²) in [4.78, 5) is 0. The van der Waals surface area contributed by atoms with Gasteiger partial charge in [-0.15, -0.1) is 0 Å². The summed E-state index contributed by atoms with van der Waals surface area (Å²) in [7, 11) is 0. The van der Waals surface area contributed by atoms with Gasteiger partial charge >= 0.3 is 0 Å². The van der Waals surface area contributed by atoms with Crippen molar-refractivity contribution in [3.8, 4) is 17.2 Å². The Morgan fingerprint density at radius 2 is 0.784 bits per heavy atom. The lowest BCUT2D eigenvalue weighted by atomic mass is 9.91. The van der Waals surface area contributed by atoms with Crippen molar-refractivity contribution in [2.45, 2.75) is 60.8 Å². The number of hydrogen-bond donors (Lipinski definition) is 4. The van der Waals surface area contributed by atoms with Gasteiger partial charge in [-0.1, -0.05) is 59.7 Å². The monoisotopic (exact) mass is 495 g/mol. The van der Waals surface area contributed by atoms with Crippen LogP contribution < -0.4 is 5.73 Å². The molecule has 4 nitrogen and oxygen atoms in total. The van der Waals surface area contributed by atoms with E-state index in [1.807, 2.05) is 71.0 Å². The van der Waals surface area contributed by atoms with E-state index in [0.29, 0.717) is 36.5 Å². The molecular formula is C33H37NO3. The molecule has 0 fully saturated rings. The predicted molar refractivity (Wildman–Crippen MR) is 152 cm³/mol. The largest absolute Gasteiger partial charge is 0.507 e. The highest BCUT2D eigenvalue weighted by atomic mass is 16.3. The van der Waals surface area contributed by atoms with E-state index >= 15 is 0 Å². The average molecular weight is 496 g/mol. The molecule has 0 spiro atoms. The van der Waals surface area contributed by atoms with E-state index in [1.165, 1.54) is 0 Å². The Kier molecular flexibility index (Phi) is 7.22. The zero-order valence-corrected chi connectivity index (χ0v) is 22.7. The Bertz CT molecular complexity index is 1340. The molecule has 37 heavy (non-hydrogen) atoms. The van der Waals surface area contributed by atoms with Crippen LogP contribution in [0.3, 0.4) is 0 Å². The number of rotatable bonds is 6. The molecule has 0 aliphatic rings. The normalized spacial score (nSPS) is 11.2. The summed E-state index contributed by atoms with van der Waals surface area (Å²) in [5, 5.41) is 31.5. The molecule has 192 valence electrons. The molecule has 0 aliphatic heterocycles. The van der Waals surface area contributed by atoms with E-state index in [0.717, 1.165) is 72.4 Å². The predicted octanol–water partition coefficient (Wildman–Crippen LogP) is 7.01. The van der Waals surface area contributed by atoms with E-state index in [4.69, 9.17) is 5.73 Å². The third-order valence-corrected chi connectivity index (χ3v) is 7.18. The molecule has 4 rings (SSSR count). The fourth-order valence-electron chi connectivity index (χ4n) is 5.39. The van der Waals surface area contributed by atoms with Gasteiger partial charge in [0.2, 0.25) is 0 Å². The van der Waals surface area contributed by atoms with Crippen molar-refractivity contribution >= 4 is 5.69 Å². The van der Waals surface area contributed by atoms with Crippen molar-refractivity contribution in [3.63, 3.8) is 0 Å². The lowest BCUT2D eigenvalue weighted by Crippen LogP contribution is -2.04. The lowest BCUT2D eigenvalue weighted by molar-refractivity contribution is 0.463. The Morgan fingerprint density at radius 3 is 1.22 bits per heavy atom. The first-order valence-corrected chi connectivity index (χ1v) is 12.7. The van der Waals surface area contributed by atoms with Gasteiger partial charge in [0.1, 0.15) is 17.2 Å². The summed E-state index contributed by atoms with van der Waals surface area (Å²) in [5.41, 5.74) is 18.9. The van der Waals surface area contributed by atoms with E-state index in [1.54, 1.807) is 0 Å². The number of phenols is 3. The Balaban J connectivity index is 1.67. The van der Waals surface area contributed by atoms with Crippen LogP contribution in [0.2, 0.25) is 0 Å². The minimum absolute atomic E-state index is 0.293. The summed E-state index contributed by atoms with van der Waals surface area (Å²) >= 11 is 0. The van der Waals surface area contributed by atoms with Crippen molar-refractivity contribution in [1.82, 2.24) is 0 Å². The van der Waals surface area contributed by atoms with E-state index in [-0.39, 0.29) is 0 Å². The standard InChI is InChI=1S/C33H37NO3/c1-18-7-26(15-24-11-20(3)31(35)21(4)12-24)30(34)27(8-18)17-29-10-19(2)9-28(33(29)37)16-25-13-22(5)32(36)23(6)14-25/h7-14,35-37H,15-17,34H2,1-6H3. The molecule has 0 atom stereocenters. The van der Waals surface area contributed by atoms with Crippen LogP contribution in [0.1, 0.15) is 66.8 Å². The second-order valence-electron chi connectivity index (χ2n) is 10.6. The SMILES string of the molecule is Cc1cc(Cc2cc(C)c(O)c(C)c2)c(N)c(Cc2cc(C)cc(Cc3cc(C)c(O)c(C)c3)c2O)c1. The number of nitrogen functional groups attached to an aromatic ring is 1. The highest BCUT2D eigenvalue weighted by Crippen LogP contribution is 2.34. The molecule has 0 aliphatic carbocycles. The third kappa shape index (κ3) is 5.59. The number of nitrogens with two attached hydrogens (primary N) is 1. The smallest absolute Gasteiger partial charge is 0.122 e. The molecule has 0 unspecified atom stereocenters. The van der Waals surface area contributed by atoms with Crippen molar-refractivity contribution in [2.24, 2.45) is 0 Å². The molecule has 0 radical (unpaired) electrons. The average Bonchev–Trinajstić information content (AvgIpc) is 2.81. The maximum Gasteiger partial charge on any atom is 0.122 e. The maximum atomic E-state index is 11.3. The fraction of sp³-hybridized carbons (Fsp3) is 0.273. The van der Waals surface area contributed by atoms with Gasteiger partial charge in [0.25, 0.3) is 0 Å². The van der Waals surface area contributed by atoms with Crippen LogP contribution in [0.25, 0.3) is 0 Å². The second kappa shape index (κ2) is 10.2. The van der Waals surface area contributed by atoms with Crippen LogP contribution in [0, 0.1) is 41.5 Å². The van der Waals surface area contributed by atoms with Crippen LogP contribution in [0.15, 0.2) is 48.5 Å². The summed E-state index contributed by atoms with van der Waals surface area (Å²) < 4.78 is 0. The molecule has 0 heterocycles. The van der Waals surface area contributed by atoms with Gasteiger partial charge in [0.05, 0.1) is 0 Å². The van der Waals surface area contributed by atoms with Gasteiger partial charge < -0.3 is 21.1 Å². The number of aryl methyl sites for hydroxylation is 6. The zero-order valence-electron chi connectivity index (χ0n) is 22.7. The molecule has 0 saturated carbocycles. The van der Waals surface area contributed by atoms with Gasteiger partial charge in [0, 0.05) is 18.5 Å². The van der Waals surface area contributed by atoms with Gasteiger partial charge in [-0.25, -0.2) is 0 Å². The molecule has 5 N–H and O–H groups in total.